The Labute approximate surface area is 266 Å². The largest absolute Gasteiger partial charge is 0.413 e. The van der Waals surface area contributed by atoms with Gasteiger partial charge in [-0.15, -0.1) is 0 Å². The number of thiazole rings is 1. The van der Waals surface area contributed by atoms with Gasteiger partial charge in [0.25, 0.3) is 0 Å². The molecular weight excluding hydrogens is 619 g/mol. The summed E-state index contributed by atoms with van der Waals surface area (Å²) in [5.41, 5.74) is 8.65. The summed E-state index contributed by atoms with van der Waals surface area (Å²) in [6, 6.07) is 9.41. The number of pyridine rings is 1. The molecule has 3 aromatic heterocycles. The number of amides is 1. The molecule has 0 spiro atoms. The normalized spacial score (nSPS) is 17.9. The van der Waals surface area contributed by atoms with E-state index >= 15 is 0 Å². The average molecular weight is 652 g/mol. The summed E-state index contributed by atoms with van der Waals surface area (Å²) < 4.78 is 46.5. The van der Waals surface area contributed by atoms with Gasteiger partial charge >= 0.3 is 6.18 Å². The molecular formula is C31H32F3N9O2S. The number of alkyl halides is 3. The Morgan fingerprint density at radius 1 is 0.957 bits per heavy atom. The molecule has 46 heavy (non-hydrogen) atoms. The van der Waals surface area contributed by atoms with Crippen LogP contribution in [0.25, 0.3) is 21.5 Å². The Morgan fingerprint density at radius 3 is 2.37 bits per heavy atom. The molecule has 1 aliphatic carbocycles. The molecule has 3 N–H and O–H groups in total. The minimum Gasteiger partial charge on any atom is -0.378 e. The first kappa shape index (κ1) is 30.2. The third kappa shape index (κ3) is 6.70. The molecule has 2 saturated heterocycles. The second-order valence-electron chi connectivity index (χ2n) is 11.5. The Kier molecular flexibility index (Phi) is 8.11. The highest BCUT2D eigenvalue weighted by Crippen LogP contribution is 2.44. The molecule has 0 atom stereocenters. The van der Waals surface area contributed by atoms with Gasteiger partial charge < -0.3 is 30.5 Å². The number of anilines is 5. The molecule has 11 nitrogen and oxygen atoms in total. The summed E-state index contributed by atoms with van der Waals surface area (Å²) >= 11 is 1.55. The zero-order valence-corrected chi connectivity index (χ0v) is 25.7. The van der Waals surface area contributed by atoms with Crippen molar-refractivity contribution >= 4 is 55.7 Å². The summed E-state index contributed by atoms with van der Waals surface area (Å²) in [6.07, 6.45) is 0.464. The van der Waals surface area contributed by atoms with Crippen LogP contribution in [0, 0.1) is 5.92 Å². The number of nitrogens with two attached hydrogens (primary N) is 1. The highest BCUT2D eigenvalue weighted by Gasteiger charge is 2.43. The average Bonchev–Trinajstić information content (AvgIpc) is 3.81. The van der Waals surface area contributed by atoms with E-state index in [9.17, 15) is 18.0 Å². The molecule has 5 heterocycles. The molecule has 1 amide bonds. The molecule has 7 rings (SSSR count). The summed E-state index contributed by atoms with van der Waals surface area (Å²) in [5, 5.41) is 3.43. The number of nitrogens with one attached hydrogen (secondary N) is 1. The van der Waals surface area contributed by atoms with Crippen molar-refractivity contribution in [3.8, 4) is 11.3 Å². The number of piperazine rings is 1. The van der Waals surface area contributed by atoms with E-state index in [-0.39, 0.29) is 5.95 Å². The molecule has 1 aromatic carbocycles. The van der Waals surface area contributed by atoms with Gasteiger partial charge in [0.15, 0.2) is 5.13 Å². The molecule has 3 fully saturated rings. The fourth-order valence-electron chi connectivity index (χ4n) is 5.69. The Bertz CT molecular complexity index is 1760. The highest BCUT2D eigenvalue weighted by atomic mass is 32.1. The van der Waals surface area contributed by atoms with Crippen LogP contribution in [-0.2, 0) is 9.53 Å². The van der Waals surface area contributed by atoms with Crippen LogP contribution in [0.5, 0.6) is 0 Å². The number of halogens is 3. The Balaban J connectivity index is 1.05. The standard InChI is InChI=1S/C31H32F3N9O2S/c32-31(33,34)23(19-1-2-19)16-28(44)38-21-3-4-26-25(13-21)40-30(46-26)43-7-5-41(6-8-43)22-14-24(20-17-36-29(35)37-18-20)39-27(15-22)42-9-11-45-12-10-42/h3-4,13-19H,1-2,5-12H2,(H,38,44)(H2,35,36,37)/b23-16+. The van der Waals surface area contributed by atoms with Gasteiger partial charge in [-0.2, -0.15) is 13.2 Å². The van der Waals surface area contributed by atoms with Crippen LogP contribution in [0.2, 0.25) is 0 Å². The van der Waals surface area contributed by atoms with E-state index in [0.29, 0.717) is 43.3 Å². The zero-order chi connectivity index (χ0) is 31.8. The van der Waals surface area contributed by atoms with Crippen LogP contribution >= 0.6 is 11.3 Å². The first-order valence-electron chi connectivity index (χ1n) is 15.1. The number of rotatable bonds is 7. The monoisotopic (exact) mass is 651 g/mol. The lowest BCUT2D eigenvalue weighted by molar-refractivity contribution is -0.114. The van der Waals surface area contributed by atoms with Crippen molar-refractivity contribution < 1.29 is 22.7 Å². The molecule has 15 heteroatoms. The first-order chi connectivity index (χ1) is 22.2. The van der Waals surface area contributed by atoms with Crippen LogP contribution in [0.15, 0.2) is 54.4 Å². The number of allylic oxidation sites excluding steroid dienone is 1. The number of morpholine rings is 1. The summed E-state index contributed by atoms with van der Waals surface area (Å²) in [6.45, 7) is 5.82. The fraction of sp³-hybridized carbons (Fsp3) is 0.387. The predicted molar refractivity (Wildman–Crippen MR) is 172 cm³/mol. The van der Waals surface area contributed by atoms with E-state index in [4.69, 9.17) is 20.4 Å². The minimum absolute atomic E-state index is 0.209. The topological polar surface area (TPSA) is 126 Å². The van der Waals surface area contributed by atoms with E-state index in [2.05, 4.69) is 42.1 Å². The molecule has 0 unspecified atom stereocenters. The van der Waals surface area contributed by atoms with Crippen molar-refractivity contribution in [2.45, 2.75) is 19.0 Å². The number of hydrogen-bond acceptors (Lipinski definition) is 11. The second-order valence-corrected chi connectivity index (χ2v) is 12.5. The number of aromatic nitrogens is 4. The lowest BCUT2D eigenvalue weighted by atomic mass is 10.1. The van der Waals surface area contributed by atoms with Crippen molar-refractivity contribution in [2.75, 3.05) is 78.2 Å². The Hall–Kier alpha value is -4.50. The van der Waals surface area contributed by atoms with Crippen LogP contribution < -0.4 is 25.8 Å². The third-order valence-electron chi connectivity index (χ3n) is 8.29. The van der Waals surface area contributed by atoms with E-state index < -0.39 is 23.6 Å². The van der Waals surface area contributed by atoms with Crippen molar-refractivity contribution in [1.82, 2.24) is 19.9 Å². The predicted octanol–water partition coefficient (Wildman–Crippen LogP) is 4.73. The number of ether oxygens (including phenoxy) is 1. The van der Waals surface area contributed by atoms with Crippen molar-refractivity contribution in [2.24, 2.45) is 5.92 Å². The maximum absolute atomic E-state index is 13.3. The molecule has 240 valence electrons. The lowest BCUT2D eigenvalue weighted by Crippen LogP contribution is -2.46. The number of benzene rings is 1. The van der Waals surface area contributed by atoms with Gasteiger partial charge in [0.05, 0.1) is 29.1 Å². The van der Waals surface area contributed by atoms with Gasteiger partial charge in [0, 0.05) is 86.3 Å². The molecule has 0 radical (unpaired) electrons. The van der Waals surface area contributed by atoms with Gasteiger partial charge in [-0.25, -0.2) is 19.9 Å². The van der Waals surface area contributed by atoms with Gasteiger partial charge in [-0.1, -0.05) is 11.3 Å². The summed E-state index contributed by atoms with van der Waals surface area (Å²) in [5.74, 6) is -0.284. The number of fused-ring (bicyclic) bond motifs is 1. The van der Waals surface area contributed by atoms with E-state index in [1.807, 2.05) is 6.07 Å². The van der Waals surface area contributed by atoms with Crippen LogP contribution in [-0.4, -0.2) is 84.5 Å². The maximum Gasteiger partial charge on any atom is 0.413 e. The maximum atomic E-state index is 13.3. The van der Waals surface area contributed by atoms with Crippen molar-refractivity contribution in [3.63, 3.8) is 0 Å². The first-order valence-corrected chi connectivity index (χ1v) is 15.9. The van der Waals surface area contributed by atoms with Gasteiger partial charge in [0.2, 0.25) is 11.9 Å². The lowest BCUT2D eigenvalue weighted by Gasteiger charge is -2.37. The van der Waals surface area contributed by atoms with E-state index in [1.165, 1.54) is 0 Å². The van der Waals surface area contributed by atoms with Crippen LogP contribution in [0.3, 0.4) is 0 Å². The third-order valence-corrected chi connectivity index (χ3v) is 9.39. The highest BCUT2D eigenvalue weighted by molar-refractivity contribution is 7.22. The van der Waals surface area contributed by atoms with Crippen LogP contribution in [0.1, 0.15) is 12.8 Å². The van der Waals surface area contributed by atoms with E-state index in [0.717, 1.165) is 71.9 Å². The van der Waals surface area contributed by atoms with E-state index in [1.54, 1.807) is 35.9 Å². The Morgan fingerprint density at radius 2 is 1.67 bits per heavy atom. The summed E-state index contributed by atoms with van der Waals surface area (Å²) in [7, 11) is 0. The zero-order valence-electron chi connectivity index (χ0n) is 24.8. The molecule has 2 aliphatic heterocycles. The minimum atomic E-state index is -4.51. The quantitative estimate of drug-likeness (QED) is 0.271. The summed E-state index contributed by atoms with van der Waals surface area (Å²) in [4.78, 5) is 37.2. The van der Waals surface area contributed by atoms with Gasteiger partial charge in [0.1, 0.15) is 5.82 Å². The van der Waals surface area contributed by atoms with Crippen molar-refractivity contribution in [1.29, 1.82) is 0 Å². The SMILES string of the molecule is Nc1ncc(-c2cc(N3CCN(c4nc5cc(NC(=O)/C=C(\C6CC6)C(F)(F)F)ccc5s4)CC3)cc(N3CCOCC3)n2)cn1. The number of nitrogens with zero attached hydrogens (tertiary/aromatic N) is 7. The molecule has 3 aliphatic rings. The van der Waals surface area contributed by atoms with Crippen molar-refractivity contribution in [3.05, 3.63) is 54.4 Å². The van der Waals surface area contributed by atoms with Crippen LogP contribution in [0.4, 0.5) is 41.4 Å². The number of nitrogen functional groups attached to an aromatic ring is 1. The number of carbonyl (C=O) groups excluding carboxylic acids is 1. The van der Waals surface area contributed by atoms with Gasteiger partial charge in [-0.05, 0) is 43.0 Å². The second kappa shape index (κ2) is 12.4. The number of carbonyl (C=O) groups is 1. The molecule has 0 bridgehead atoms. The number of hydrogen-bond donors (Lipinski definition) is 2. The van der Waals surface area contributed by atoms with Gasteiger partial charge in [-0.3, -0.25) is 4.79 Å². The fourth-order valence-corrected chi connectivity index (χ4v) is 6.68. The molecule has 4 aromatic rings. The smallest absolute Gasteiger partial charge is 0.378 e. The molecule has 1 saturated carbocycles.